The topological polar surface area (TPSA) is 75.4 Å². The highest BCUT2D eigenvalue weighted by Gasteiger charge is 2.40. The highest BCUT2D eigenvalue weighted by atomic mass is 19.1. The van der Waals surface area contributed by atoms with Crippen molar-refractivity contribution >= 4 is 33.1 Å². The van der Waals surface area contributed by atoms with Gasteiger partial charge in [0.15, 0.2) is 5.65 Å². The van der Waals surface area contributed by atoms with E-state index in [-0.39, 0.29) is 29.0 Å². The summed E-state index contributed by atoms with van der Waals surface area (Å²) in [7, 11) is 4.43. The molecule has 3 aromatic rings. The summed E-state index contributed by atoms with van der Waals surface area (Å²) in [4.78, 5) is 24.3. The van der Waals surface area contributed by atoms with E-state index < -0.39 is 0 Å². The number of hydrogen-bond acceptors (Lipinski definition) is 5. The van der Waals surface area contributed by atoms with E-state index in [4.69, 9.17) is 4.98 Å². The lowest BCUT2D eigenvalue weighted by Crippen LogP contribution is -2.33. The highest BCUT2D eigenvalue weighted by Crippen LogP contribution is 2.46. The highest BCUT2D eigenvalue weighted by molar-refractivity contribution is 6.40. The van der Waals surface area contributed by atoms with Crippen LogP contribution in [0.25, 0.3) is 5.65 Å². The molecular formula is C20H23B2FN6O. The van der Waals surface area contributed by atoms with Gasteiger partial charge in [0.1, 0.15) is 32.9 Å². The predicted molar refractivity (Wildman–Crippen MR) is 117 cm³/mol. The molecule has 1 amide bonds. The van der Waals surface area contributed by atoms with E-state index >= 15 is 0 Å². The van der Waals surface area contributed by atoms with Gasteiger partial charge in [-0.05, 0) is 43.9 Å². The molecule has 30 heavy (non-hydrogen) atoms. The molecular weight excluding hydrogens is 381 g/mol. The molecule has 3 aromatic heterocycles. The number of anilines is 1. The Morgan fingerprint density at radius 1 is 1.33 bits per heavy atom. The Labute approximate surface area is 175 Å². The Bertz CT molecular complexity index is 1150. The first kappa shape index (κ1) is 19.1. The number of nitrogens with zero attached hydrogens (tertiary/aromatic N) is 5. The Balaban J connectivity index is 1.71. The van der Waals surface area contributed by atoms with Crippen LogP contribution in [0.2, 0.25) is 5.21 Å². The fourth-order valence-electron chi connectivity index (χ4n) is 4.68. The number of carbonyl (C=O) groups excluding carboxylic acids is 1. The zero-order valence-electron chi connectivity index (χ0n) is 17.4. The number of fused-ring (bicyclic) bond motifs is 5. The molecule has 5 heterocycles. The maximum Gasteiger partial charge on any atom is 0.256 e. The van der Waals surface area contributed by atoms with E-state index in [2.05, 4.69) is 36.0 Å². The van der Waals surface area contributed by atoms with Gasteiger partial charge >= 0.3 is 0 Å². The SMILES string of the molecule is BC1(B)CC2c3cc(F)cnc3CC[C@@H](C)NC(=O)c3cnn4ccc(nc34)N2C1. The second kappa shape index (κ2) is 6.82. The van der Waals surface area contributed by atoms with Gasteiger partial charge in [0.05, 0.1) is 18.4 Å². The number of amides is 1. The number of halogens is 1. The molecule has 2 aliphatic rings. The van der Waals surface area contributed by atoms with E-state index in [1.807, 2.05) is 19.2 Å². The first-order chi connectivity index (χ1) is 14.3. The molecule has 2 bridgehead atoms. The molecule has 0 saturated carbocycles. The standard InChI is InChI=1S/C20H23B2FN6O/c1-11-2-3-15-13(6-12(23)8-24-15)16-7-20(21,22)10-28(16)17-4-5-29-18(27-17)14(9-25-29)19(30)26-11/h4-6,8-9,11,16H,2-3,7,10,21-22H2,1H3,(H,26,30)/t11-,16?/m1/s1. The summed E-state index contributed by atoms with van der Waals surface area (Å²) in [6.45, 7) is 2.75. The van der Waals surface area contributed by atoms with Gasteiger partial charge in [-0.15, -0.1) is 0 Å². The maximum absolute atomic E-state index is 14.2. The van der Waals surface area contributed by atoms with Crippen molar-refractivity contribution in [2.75, 3.05) is 11.4 Å². The largest absolute Gasteiger partial charge is 0.350 e. The molecule has 152 valence electrons. The number of nitrogens with one attached hydrogen (secondary N) is 1. The molecule has 1 fully saturated rings. The number of hydrogen-bond donors (Lipinski definition) is 1. The van der Waals surface area contributed by atoms with Gasteiger partial charge < -0.3 is 10.2 Å². The van der Waals surface area contributed by atoms with Gasteiger partial charge in [-0.25, -0.2) is 13.9 Å². The summed E-state index contributed by atoms with van der Waals surface area (Å²) in [5.74, 6) is 0.243. The van der Waals surface area contributed by atoms with Gasteiger partial charge in [0.2, 0.25) is 0 Å². The summed E-state index contributed by atoms with van der Waals surface area (Å²) in [5.41, 5.74) is 2.78. The second-order valence-corrected chi connectivity index (χ2v) is 9.23. The van der Waals surface area contributed by atoms with Crippen LogP contribution in [0.5, 0.6) is 0 Å². The van der Waals surface area contributed by atoms with Crippen molar-refractivity contribution in [2.24, 2.45) is 0 Å². The molecule has 2 aliphatic heterocycles. The molecule has 0 aromatic carbocycles. The average molecular weight is 404 g/mol. The number of rotatable bonds is 0. The number of aromatic nitrogens is 4. The smallest absolute Gasteiger partial charge is 0.256 e. The van der Waals surface area contributed by atoms with E-state index in [1.165, 1.54) is 6.20 Å². The van der Waals surface area contributed by atoms with Gasteiger partial charge in [-0.3, -0.25) is 9.78 Å². The monoisotopic (exact) mass is 404 g/mol. The number of carbonyl (C=O) groups is 1. The molecule has 0 radical (unpaired) electrons. The lowest BCUT2D eigenvalue weighted by Gasteiger charge is -2.28. The van der Waals surface area contributed by atoms with Crippen LogP contribution in [-0.4, -0.2) is 53.8 Å². The van der Waals surface area contributed by atoms with Crippen LogP contribution in [0.1, 0.15) is 47.4 Å². The van der Waals surface area contributed by atoms with Crippen LogP contribution in [0, 0.1) is 5.82 Å². The van der Waals surface area contributed by atoms with E-state index in [1.54, 1.807) is 16.8 Å². The van der Waals surface area contributed by atoms with Crippen LogP contribution in [-0.2, 0) is 6.42 Å². The van der Waals surface area contributed by atoms with Crippen molar-refractivity contribution < 1.29 is 9.18 Å². The van der Waals surface area contributed by atoms with Crippen molar-refractivity contribution in [1.29, 1.82) is 0 Å². The fourth-order valence-corrected chi connectivity index (χ4v) is 4.68. The van der Waals surface area contributed by atoms with Crippen LogP contribution in [0.3, 0.4) is 0 Å². The second-order valence-electron chi connectivity index (χ2n) is 9.23. The van der Waals surface area contributed by atoms with Crippen molar-refractivity contribution in [3.05, 3.63) is 53.4 Å². The summed E-state index contributed by atoms with van der Waals surface area (Å²) < 4.78 is 15.9. The van der Waals surface area contributed by atoms with Crippen LogP contribution < -0.4 is 10.2 Å². The molecule has 1 N–H and O–H groups in total. The van der Waals surface area contributed by atoms with E-state index in [0.717, 1.165) is 30.0 Å². The summed E-state index contributed by atoms with van der Waals surface area (Å²) >= 11 is 0. The van der Waals surface area contributed by atoms with Gasteiger partial charge in [-0.1, -0.05) is 5.21 Å². The number of pyridine rings is 1. The lowest BCUT2D eigenvalue weighted by molar-refractivity contribution is 0.0940. The quantitative estimate of drug-likeness (QED) is 0.558. The zero-order valence-corrected chi connectivity index (χ0v) is 17.4. The van der Waals surface area contributed by atoms with Crippen molar-refractivity contribution in [3.8, 4) is 0 Å². The van der Waals surface area contributed by atoms with Gasteiger partial charge in [-0.2, -0.15) is 5.10 Å². The first-order valence-electron chi connectivity index (χ1n) is 10.4. The Hall–Kier alpha value is -2.90. The fraction of sp³-hybridized carbons (Fsp3) is 0.400. The third-order valence-corrected chi connectivity index (χ3v) is 6.13. The number of aryl methyl sites for hydroxylation is 1. The van der Waals surface area contributed by atoms with Crippen LogP contribution >= 0.6 is 0 Å². The molecule has 1 unspecified atom stereocenters. The van der Waals surface area contributed by atoms with Crippen LogP contribution in [0.15, 0.2) is 30.7 Å². The maximum atomic E-state index is 14.2. The molecule has 2 atom stereocenters. The Kier molecular flexibility index (Phi) is 4.34. The summed E-state index contributed by atoms with van der Waals surface area (Å²) in [6.07, 6.45) is 6.92. The van der Waals surface area contributed by atoms with Crippen molar-refractivity contribution in [3.63, 3.8) is 0 Å². The predicted octanol–water partition coefficient (Wildman–Crippen LogP) is 0.662. The molecule has 7 nitrogen and oxygen atoms in total. The first-order valence-corrected chi connectivity index (χ1v) is 10.4. The normalized spacial score (nSPS) is 23.3. The van der Waals surface area contributed by atoms with Gasteiger partial charge in [0.25, 0.3) is 5.91 Å². The minimum Gasteiger partial charge on any atom is -0.350 e. The van der Waals surface area contributed by atoms with Crippen LogP contribution in [0.4, 0.5) is 10.2 Å². The van der Waals surface area contributed by atoms with Crippen molar-refractivity contribution in [2.45, 2.75) is 43.5 Å². The van der Waals surface area contributed by atoms with E-state index in [0.29, 0.717) is 24.1 Å². The van der Waals surface area contributed by atoms with E-state index in [9.17, 15) is 9.18 Å². The molecule has 1 saturated heterocycles. The summed E-state index contributed by atoms with van der Waals surface area (Å²) in [6, 6.07) is 3.43. The third-order valence-electron chi connectivity index (χ3n) is 6.13. The minimum atomic E-state index is -0.328. The molecule has 5 rings (SSSR count). The van der Waals surface area contributed by atoms with Gasteiger partial charge in [0, 0.05) is 24.5 Å². The zero-order chi connectivity index (χ0) is 21.0. The lowest BCUT2D eigenvalue weighted by atomic mass is 9.53. The molecule has 10 heteroatoms. The Morgan fingerprint density at radius 2 is 2.17 bits per heavy atom. The third kappa shape index (κ3) is 3.24. The van der Waals surface area contributed by atoms with Crippen molar-refractivity contribution in [1.82, 2.24) is 24.9 Å². The average Bonchev–Trinajstić information content (AvgIpc) is 3.26. The minimum absolute atomic E-state index is 0.0285. The summed E-state index contributed by atoms with van der Waals surface area (Å²) in [5, 5.41) is 7.35. The Morgan fingerprint density at radius 3 is 3.00 bits per heavy atom. The molecule has 0 spiro atoms. The molecule has 0 aliphatic carbocycles.